The number of hydrogen-bond acceptors (Lipinski definition) is 2. The molecule has 3 nitrogen and oxygen atoms in total. The largest absolute Gasteiger partial charge is 0.370 e. The standard InChI is InChI=1S/C5H11NO.C5H13N/c1-2-3-4-5(6)7;1-4-5-6(2)3/h2-4H2,1H3,(H2,6,7);4-5H2,1-3H3. The van der Waals surface area contributed by atoms with Gasteiger partial charge in [-0.2, -0.15) is 0 Å². The van der Waals surface area contributed by atoms with Gasteiger partial charge in [0.25, 0.3) is 0 Å². The quantitative estimate of drug-likeness (QED) is 0.712. The first-order valence-electron chi connectivity index (χ1n) is 4.97. The number of nitrogens with zero attached hydrogens (tertiary/aromatic N) is 1. The van der Waals surface area contributed by atoms with Crippen molar-refractivity contribution in [2.75, 3.05) is 20.6 Å². The van der Waals surface area contributed by atoms with Crippen molar-refractivity contribution in [2.24, 2.45) is 5.73 Å². The maximum atomic E-state index is 9.98. The fraction of sp³-hybridized carbons (Fsp3) is 0.900. The van der Waals surface area contributed by atoms with Gasteiger partial charge in [-0.25, -0.2) is 0 Å². The second-order valence-electron chi connectivity index (χ2n) is 3.37. The zero-order chi connectivity index (χ0) is 10.7. The van der Waals surface area contributed by atoms with Crippen molar-refractivity contribution in [3.05, 3.63) is 0 Å². The Labute approximate surface area is 82.3 Å². The summed E-state index contributed by atoms with van der Waals surface area (Å²) in [5, 5.41) is 0. The van der Waals surface area contributed by atoms with Crippen molar-refractivity contribution in [1.82, 2.24) is 4.90 Å². The van der Waals surface area contributed by atoms with Crippen LogP contribution in [-0.2, 0) is 4.79 Å². The summed E-state index contributed by atoms with van der Waals surface area (Å²) in [4.78, 5) is 12.2. The van der Waals surface area contributed by atoms with E-state index in [9.17, 15) is 4.79 Å². The van der Waals surface area contributed by atoms with Crippen molar-refractivity contribution in [2.45, 2.75) is 39.5 Å². The third kappa shape index (κ3) is 24.6. The third-order valence-corrected chi connectivity index (χ3v) is 1.45. The molecule has 0 radical (unpaired) electrons. The Bertz CT molecular complexity index is 113. The Hall–Kier alpha value is -0.570. The van der Waals surface area contributed by atoms with Crippen molar-refractivity contribution < 1.29 is 4.79 Å². The minimum atomic E-state index is -0.193. The molecule has 13 heavy (non-hydrogen) atoms. The molecule has 0 aliphatic heterocycles. The highest BCUT2D eigenvalue weighted by atomic mass is 16.1. The molecule has 0 atom stereocenters. The molecule has 0 saturated heterocycles. The van der Waals surface area contributed by atoms with Crippen molar-refractivity contribution in [3.63, 3.8) is 0 Å². The van der Waals surface area contributed by atoms with E-state index in [1.54, 1.807) is 0 Å². The van der Waals surface area contributed by atoms with Crippen LogP contribution in [0.1, 0.15) is 39.5 Å². The molecule has 0 aromatic heterocycles. The van der Waals surface area contributed by atoms with E-state index < -0.39 is 0 Å². The molecule has 1 amide bonds. The predicted octanol–water partition coefficient (Wildman–Crippen LogP) is 1.62. The molecule has 0 aromatic rings. The fourth-order valence-corrected chi connectivity index (χ4v) is 0.798. The number of nitrogens with two attached hydrogens (primary N) is 1. The highest BCUT2D eigenvalue weighted by Crippen LogP contribution is 1.89. The first-order chi connectivity index (χ1) is 6.04. The van der Waals surface area contributed by atoms with Crippen LogP contribution in [0.25, 0.3) is 0 Å². The van der Waals surface area contributed by atoms with Gasteiger partial charge in [-0.3, -0.25) is 4.79 Å². The monoisotopic (exact) mass is 188 g/mol. The Kier molecular flexibility index (Phi) is 13.1. The third-order valence-electron chi connectivity index (χ3n) is 1.45. The normalized spacial score (nSPS) is 9.31. The van der Waals surface area contributed by atoms with Crippen LogP contribution in [0.3, 0.4) is 0 Å². The average molecular weight is 188 g/mol. The van der Waals surface area contributed by atoms with Gasteiger partial charge in [-0.15, -0.1) is 0 Å². The minimum absolute atomic E-state index is 0.193. The molecule has 0 aliphatic rings. The van der Waals surface area contributed by atoms with Gasteiger partial charge >= 0.3 is 0 Å². The maximum Gasteiger partial charge on any atom is 0.217 e. The molecule has 0 aliphatic carbocycles. The van der Waals surface area contributed by atoms with Crippen LogP contribution in [0.2, 0.25) is 0 Å². The number of unbranched alkanes of at least 4 members (excludes halogenated alkanes) is 1. The summed E-state index contributed by atoms with van der Waals surface area (Å²) < 4.78 is 0. The second kappa shape index (κ2) is 11.4. The summed E-state index contributed by atoms with van der Waals surface area (Å²) in [6.45, 7) is 5.42. The molecule has 0 heterocycles. The highest BCUT2D eigenvalue weighted by molar-refractivity contribution is 5.73. The number of rotatable bonds is 5. The van der Waals surface area contributed by atoms with Crippen LogP contribution in [0.5, 0.6) is 0 Å². The summed E-state index contributed by atoms with van der Waals surface area (Å²) in [5.74, 6) is -0.193. The van der Waals surface area contributed by atoms with E-state index in [-0.39, 0.29) is 5.91 Å². The van der Waals surface area contributed by atoms with Gasteiger partial charge in [0.2, 0.25) is 5.91 Å². The van der Waals surface area contributed by atoms with Gasteiger partial charge in [0, 0.05) is 6.42 Å². The van der Waals surface area contributed by atoms with Gasteiger partial charge in [-0.1, -0.05) is 20.3 Å². The lowest BCUT2D eigenvalue weighted by molar-refractivity contribution is -0.118. The van der Waals surface area contributed by atoms with Gasteiger partial charge in [0.05, 0.1) is 0 Å². The minimum Gasteiger partial charge on any atom is -0.370 e. The van der Waals surface area contributed by atoms with Crippen LogP contribution in [0.4, 0.5) is 0 Å². The molecular weight excluding hydrogens is 164 g/mol. The smallest absolute Gasteiger partial charge is 0.217 e. The van der Waals surface area contributed by atoms with E-state index in [1.807, 2.05) is 6.92 Å². The van der Waals surface area contributed by atoms with Gasteiger partial charge in [0.15, 0.2) is 0 Å². The lowest BCUT2D eigenvalue weighted by Crippen LogP contribution is -2.11. The average Bonchev–Trinajstić information content (AvgIpc) is 2.01. The molecule has 0 saturated carbocycles. The van der Waals surface area contributed by atoms with Gasteiger partial charge in [0.1, 0.15) is 0 Å². The molecule has 3 heteroatoms. The van der Waals surface area contributed by atoms with E-state index in [2.05, 4.69) is 25.9 Å². The van der Waals surface area contributed by atoms with Gasteiger partial charge in [-0.05, 0) is 33.5 Å². The predicted molar refractivity (Wildman–Crippen MR) is 57.6 cm³/mol. The van der Waals surface area contributed by atoms with Crippen LogP contribution >= 0.6 is 0 Å². The SMILES string of the molecule is CCCCC(N)=O.CCCN(C)C. The molecular formula is C10H24N2O. The molecule has 0 aromatic carbocycles. The zero-order valence-corrected chi connectivity index (χ0v) is 9.47. The summed E-state index contributed by atoms with van der Waals surface area (Å²) in [6.07, 6.45) is 3.77. The molecule has 0 unspecified atom stereocenters. The van der Waals surface area contributed by atoms with Crippen molar-refractivity contribution in [1.29, 1.82) is 0 Å². The molecule has 0 bridgehead atoms. The summed E-state index contributed by atoms with van der Waals surface area (Å²) in [6, 6.07) is 0. The first kappa shape index (κ1) is 14.9. The number of carbonyl (C=O) groups excluding carboxylic acids is 1. The number of primary amides is 1. The van der Waals surface area contributed by atoms with E-state index in [1.165, 1.54) is 13.0 Å². The summed E-state index contributed by atoms with van der Waals surface area (Å²) in [7, 11) is 4.17. The van der Waals surface area contributed by atoms with E-state index in [0.29, 0.717) is 6.42 Å². The van der Waals surface area contributed by atoms with E-state index in [0.717, 1.165) is 12.8 Å². The first-order valence-corrected chi connectivity index (χ1v) is 4.97. The summed E-state index contributed by atoms with van der Waals surface area (Å²) >= 11 is 0. The molecule has 80 valence electrons. The van der Waals surface area contributed by atoms with E-state index >= 15 is 0 Å². The second-order valence-corrected chi connectivity index (χ2v) is 3.37. The molecule has 2 N–H and O–H groups in total. The highest BCUT2D eigenvalue weighted by Gasteiger charge is 1.88. The topological polar surface area (TPSA) is 46.3 Å². The molecule has 0 fully saturated rings. The van der Waals surface area contributed by atoms with Crippen molar-refractivity contribution in [3.8, 4) is 0 Å². The lowest BCUT2D eigenvalue weighted by atomic mass is 10.2. The number of hydrogen-bond donors (Lipinski definition) is 1. The van der Waals surface area contributed by atoms with Crippen LogP contribution in [0, 0.1) is 0 Å². The summed E-state index contributed by atoms with van der Waals surface area (Å²) in [5.41, 5.74) is 4.84. The van der Waals surface area contributed by atoms with Crippen LogP contribution in [-0.4, -0.2) is 31.4 Å². The van der Waals surface area contributed by atoms with Crippen LogP contribution in [0.15, 0.2) is 0 Å². The Morgan fingerprint density at radius 2 is 1.77 bits per heavy atom. The molecule has 0 rings (SSSR count). The Morgan fingerprint density at radius 3 is 1.85 bits per heavy atom. The Balaban J connectivity index is 0. The van der Waals surface area contributed by atoms with Crippen molar-refractivity contribution >= 4 is 5.91 Å². The number of amides is 1. The maximum absolute atomic E-state index is 9.98. The van der Waals surface area contributed by atoms with Gasteiger partial charge < -0.3 is 10.6 Å². The van der Waals surface area contributed by atoms with E-state index in [4.69, 9.17) is 5.73 Å². The molecule has 0 spiro atoms. The lowest BCUT2D eigenvalue weighted by Gasteiger charge is -2.03. The zero-order valence-electron chi connectivity index (χ0n) is 9.47. The Morgan fingerprint density at radius 1 is 1.23 bits per heavy atom. The van der Waals surface area contributed by atoms with Crippen LogP contribution < -0.4 is 5.73 Å². The fourth-order valence-electron chi connectivity index (χ4n) is 0.798. The number of carbonyl (C=O) groups is 1.